The molecule has 1 nitrogen and oxygen atoms in total. The average molecular weight is 284 g/mol. The predicted octanol–water partition coefficient (Wildman–Crippen LogP) is 6.28. The normalized spacial score (nSPS) is 13.1. The summed E-state index contributed by atoms with van der Waals surface area (Å²) in [5.41, 5.74) is 0. The van der Waals surface area contributed by atoms with Gasteiger partial charge in [-0.3, -0.25) is 0 Å². The van der Waals surface area contributed by atoms with Crippen LogP contribution in [0.2, 0.25) is 0 Å². The molecule has 0 heterocycles. The maximum absolute atomic E-state index is 2.38. The SMILES string of the molecule is CCCCCCCCC(CCCCCCC)CN(C)C. The summed E-state index contributed by atoms with van der Waals surface area (Å²) in [7, 11) is 4.46. The highest BCUT2D eigenvalue weighted by molar-refractivity contribution is 4.63. The number of unbranched alkanes of at least 4 members (excludes halogenated alkanes) is 9. The van der Waals surface area contributed by atoms with Gasteiger partial charge in [-0.2, -0.15) is 0 Å². The third-order valence-electron chi connectivity index (χ3n) is 4.31. The zero-order valence-corrected chi connectivity index (χ0v) is 14.9. The van der Waals surface area contributed by atoms with E-state index in [1.54, 1.807) is 0 Å². The molecule has 0 amide bonds. The Kier molecular flexibility index (Phi) is 15.3. The fraction of sp³-hybridized carbons (Fsp3) is 1.00. The number of hydrogen-bond donors (Lipinski definition) is 0. The molecule has 0 fully saturated rings. The first-order valence-electron chi connectivity index (χ1n) is 9.35. The van der Waals surface area contributed by atoms with Crippen LogP contribution >= 0.6 is 0 Å². The van der Waals surface area contributed by atoms with Gasteiger partial charge >= 0.3 is 0 Å². The van der Waals surface area contributed by atoms with Crippen LogP contribution in [0, 0.1) is 5.92 Å². The fourth-order valence-electron chi connectivity index (χ4n) is 3.09. The van der Waals surface area contributed by atoms with Gasteiger partial charge < -0.3 is 4.90 Å². The van der Waals surface area contributed by atoms with Crippen LogP contribution in [0.1, 0.15) is 97.3 Å². The summed E-state index contributed by atoms with van der Waals surface area (Å²) < 4.78 is 0. The van der Waals surface area contributed by atoms with Crippen LogP contribution < -0.4 is 0 Å². The van der Waals surface area contributed by atoms with Crippen molar-refractivity contribution in [2.75, 3.05) is 20.6 Å². The maximum Gasteiger partial charge on any atom is 0.000356 e. The van der Waals surface area contributed by atoms with Crippen molar-refractivity contribution in [3.63, 3.8) is 0 Å². The second kappa shape index (κ2) is 15.4. The fourth-order valence-corrected chi connectivity index (χ4v) is 3.09. The number of rotatable bonds is 15. The molecule has 122 valence electrons. The Morgan fingerprint density at radius 2 is 1.00 bits per heavy atom. The maximum atomic E-state index is 2.38. The van der Waals surface area contributed by atoms with E-state index in [1.807, 2.05) is 0 Å². The van der Waals surface area contributed by atoms with Crippen molar-refractivity contribution in [3.8, 4) is 0 Å². The molecule has 0 bridgehead atoms. The lowest BCUT2D eigenvalue weighted by atomic mass is 9.94. The standard InChI is InChI=1S/C19H41N/c1-5-7-9-11-13-15-17-19(18-20(3)4)16-14-12-10-8-6-2/h19H,5-18H2,1-4H3. The highest BCUT2D eigenvalue weighted by Crippen LogP contribution is 2.19. The molecule has 1 atom stereocenters. The minimum Gasteiger partial charge on any atom is -0.309 e. The van der Waals surface area contributed by atoms with E-state index in [0.29, 0.717) is 0 Å². The zero-order chi connectivity index (χ0) is 15.1. The van der Waals surface area contributed by atoms with Gasteiger partial charge in [0.2, 0.25) is 0 Å². The lowest BCUT2D eigenvalue weighted by Gasteiger charge is -2.21. The van der Waals surface area contributed by atoms with E-state index >= 15 is 0 Å². The van der Waals surface area contributed by atoms with Gasteiger partial charge in [-0.15, -0.1) is 0 Å². The highest BCUT2D eigenvalue weighted by atomic mass is 15.1. The number of nitrogens with zero attached hydrogens (tertiary/aromatic N) is 1. The molecule has 0 aromatic carbocycles. The first-order valence-corrected chi connectivity index (χ1v) is 9.35. The minimum absolute atomic E-state index is 0.942. The molecule has 0 saturated carbocycles. The molecule has 0 saturated heterocycles. The molecule has 0 aliphatic rings. The molecule has 0 aliphatic carbocycles. The van der Waals surface area contributed by atoms with Crippen molar-refractivity contribution in [3.05, 3.63) is 0 Å². The predicted molar refractivity (Wildman–Crippen MR) is 93.4 cm³/mol. The van der Waals surface area contributed by atoms with Gasteiger partial charge in [-0.25, -0.2) is 0 Å². The molecule has 0 aromatic rings. The van der Waals surface area contributed by atoms with Crippen molar-refractivity contribution in [2.45, 2.75) is 97.3 Å². The third kappa shape index (κ3) is 14.4. The quantitative estimate of drug-likeness (QED) is 0.320. The molecule has 0 radical (unpaired) electrons. The van der Waals surface area contributed by atoms with Crippen molar-refractivity contribution >= 4 is 0 Å². The molecule has 0 rings (SSSR count). The monoisotopic (exact) mass is 283 g/mol. The third-order valence-corrected chi connectivity index (χ3v) is 4.31. The van der Waals surface area contributed by atoms with Gasteiger partial charge in [0.05, 0.1) is 0 Å². The van der Waals surface area contributed by atoms with Crippen molar-refractivity contribution in [1.29, 1.82) is 0 Å². The Balaban J connectivity index is 3.62. The van der Waals surface area contributed by atoms with E-state index in [9.17, 15) is 0 Å². The van der Waals surface area contributed by atoms with Crippen LogP contribution in [0.5, 0.6) is 0 Å². The van der Waals surface area contributed by atoms with Gasteiger partial charge in [0.1, 0.15) is 0 Å². The molecule has 0 N–H and O–H groups in total. The molecule has 0 aromatic heterocycles. The van der Waals surface area contributed by atoms with E-state index < -0.39 is 0 Å². The van der Waals surface area contributed by atoms with E-state index in [2.05, 4.69) is 32.8 Å². The summed E-state index contributed by atoms with van der Waals surface area (Å²) in [6.07, 6.45) is 18.7. The summed E-state index contributed by atoms with van der Waals surface area (Å²) in [6.45, 7) is 5.89. The largest absolute Gasteiger partial charge is 0.309 e. The molecule has 1 unspecified atom stereocenters. The summed E-state index contributed by atoms with van der Waals surface area (Å²) in [5, 5.41) is 0. The lowest BCUT2D eigenvalue weighted by Crippen LogP contribution is -2.21. The van der Waals surface area contributed by atoms with E-state index in [1.165, 1.54) is 90.0 Å². The van der Waals surface area contributed by atoms with Crippen molar-refractivity contribution in [2.24, 2.45) is 5.92 Å². The van der Waals surface area contributed by atoms with E-state index in [0.717, 1.165) is 5.92 Å². The summed E-state index contributed by atoms with van der Waals surface area (Å²) in [6, 6.07) is 0. The Morgan fingerprint density at radius 3 is 1.40 bits per heavy atom. The second-order valence-electron chi connectivity index (χ2n) is 6.89. The van der Waals surface area contributed by atoms with Crippen molar-refractivity contribution in [1.82, 2.24) is 4.90 Å². The highest BCUT2D eigenvalue weighted by Gasteiger charge is 2.09. The van der Waals surface area contributed by atoms with E-state index in [-0.39, 0.29) is 0 Å². The number of hydrogen-bond acceptors (Lipinski definition) is 1. The zero-order valence-electron chi connectivity index (χ0n) is 14.9. The summed E-state index contributed by atoms with van der Waals surface area (Å²) in [5.74, 6) is 0.942. The van der Waals surface area contributed by atoms with Crippen LogP contribution in [-0.4, -0.2) is 25.5 Å². The smallest absolute Gasteiger partial charge is 0.000356 e. The molecular weight excluding hydrogens is 242 g/mol. The van der Waals surface area contributed by atoms with Gasteiger partial charge in [0.25, 0.3) is 0 Å². The summed E-state index contributed by atoms with van der Waals surface area (Å²) >= 11 is 0. The Labute approximate surface area is 129 Å². The van der Waals surface area contributed by atoms with Gasteiger partial charge in [0, 0.05) is 6.54 Å². The molecular formula is C19H41N. The van der Waals surface area contributed by atoms with Crippen LogP contribution in [0.4, 0.5) is 0 Å². The molecule has 0 aliphatic heterocycles. The van der Waals surface area contributed by atoms with Gasteiger partial charge in [-0.1, -0.05) is 84.5 Å². The van der Waals surface area contributed by atoms with Gasteiger partial charge in [0.15, 0.2) is 0 Å². The van der Waals surface area contributed by atoms with Crippen LogP contribution in [0.3, 0.4) is 0 Å². The molecule has 1 heteroatoms. The van der Waals surface area contributed by atoms with Gasteiger partial charge in [-0.05, 0) is 32.9 Å². The van der Waals surface area contributed by atoms with E-state index in [4.69, 9.17) is 0 Å². The first-order chi connectivity index (χ1) is 9.70. The summed E-state index contributed by atoms with van der Waals surface area (Å²) in [4.78, 5) is 2.38. The lowest BCUT2D eigenvalue weighted by molar-refractivity contribution is 0.286. The van der Waals surface area contributed by atoms with Crippen molar-refractivity contribution < 1.29 is 0 Å². The Hall–Kier alpha value is -0.0400. The molecule has 0 spiro atoms. The Bertz CT molecular complexity index is 177. The van der Waals surface area contributed by atoms with Crippen LogP contribution in [0.25, 0.3) is 0 Å². The second-order valence-corrected chi connectivity index (χ2v) is 6.89. The Morgan fingerprint density at radius 1 is 0.600 bits per heavy atom. The van der Waals surface area contributed by atoms with Crippen LogP contribution in [-0.2, 0) is 0 Å². The first kappa shape index (κ1) is 20.0. The minimum atomic E-state index is 0.942. The molecule has 20 heavy (non-hydrogen) atoms. The average Bonchev–Trinajstić information content (AvgIpc) is 2.41. The topological polar surface area (TPSA) is 3.24 Å². The van der Waals surface area contributed by atoms with Crippen LogP contribution in [0.15, 0.2) is 0 Å².